The summed E-state index contributed by atoms with van der Waals surface area (Å²) in [6, 6.07) is 4.16. The Labute approximate surface area is 125 Å². The molecular formula is C14H21FN2O3S. The molecule has 0 saturated carbocycles. The van der Waals surface area contributed by atoms with E-state index in [4.69, 9.17) is 0 Å². The second-order valence-corrected chi connectivity index (χ2v) is 7.81. The summed E-state index contributed by atoms with van der Waals surface area (Å²) in [7, 11) is -3.73. The van der Waals surface area contributed by atoms with Gasteiger partial charge in [0.25, 0.3) is 0 Å². The third-order valence-electron chi connectivity index (χ3n) is 2.65. The highest BCUT2D eigenvalue weighted by molar-refractivity contribution is 7.92. The fourth-order valence-corrected chi connectivity index (χ4v) is 3.06. The Hall–Kier alpha value is -1.63. The fraction of sp³-hybridized carbons (Fsp3) is 0.500. The molecule has 1 amide bonds. The summed E-state index contributed by atoms with van der Waals surface area (Å²) in [6.07, 6.45) is 0.985. The highest BCUT2D eigenvalue weighted by Gasteiger charge is 2.30. The smallest absolute Gasteiger partial charge is 0.244 e. The average molecular weight is 316 g/mol. The third kappa shape index (κ3) is 5.00. The van der Waals surface area contributed by atoms with Crippen LogP contribution in [0.5, 0.6) is 0 Å². The number of halogens is 1. The minimum Gasteiger partial charge on any atom is -0.350 e. The van der Waals surface area contributed by atoms with Gasteiger partial charge < -0.3 is 5.32 Å². The molecule has 0 fully saturated rings. The number of benzene rings is 1. The Morgan fingerprint density at radius 2 is 1.90 bits per heavy atom. The molecule has 1 atom stereocenters. The third-order valence-corrected chi connectivity index (χ3v) is 3.89. The molecular weight excluding hydrogens is 295 g/mol. The van der Waals surface area contributed by atoms with Crippen LogP contribution in [0.4, 0.5) is 10.1 Å². The predicted octanol–water partition coefficient (Wildman–Crippen LogP) is 1.89. The molecule has 1 N–H and O–H groups in total. The van der Waals surface area contributed by atoms with Crippen molar-refractivity contribution in [1.82, 2.24) is 5.32 Å². The summed E-state index contributed by atoms with van der Waals surface area (Å²) in [6.45, 7) is 6.85. The maximum Gasteiger partial charge on any atom is 0.244 e. The number of hydrogen-bond acceptors (Lipinski definition) is 3. The molecule has 7 heteroatoms. The molecule has 0 bridgehead atoms. The Balaban J connectivity index is 3.19. The lowest BCUT2D eigenvalue weighted by molar-refractivity contribution is -0.123. The lowest BCUT2D eigenvalue weighted by Crippen LogP contribution is -2.52. The van der Waals surface area contributed by atoms with Crippen molar-refractivity contribution in [2.24, 2.45) is 0 Å². The van der Waals surface area contributed by atoms with Crippen molar-refractivity contribution in [3.05, 3.63) is 30.1 Å². The molecule has 0 aliphatic rings. The molecule has 1 aromatic rings. The quantitative estimate of drug-likeness (QED) is 0.922. The van der Waals surface area contributed by atoms with Gasteiger partial charge in [0.2, 0.25) is 15.9 Å². The first-order chi connectivity index (χ1) is 9.42. The van der Waals surface area contributed by atoms with Crippen molar-refractivity contribution < 1.29 is 17.6 Å². The number of rotatable bonds is 4. The Morgan fingerprint density at radius 3 is 2.33 bits per heavy atom. The van der Waals surface area contributed by atoms with Crippen LogP contribution < -0.4 is 9.62 Å². The van der Waals surface area contributed by atoms with E-state index in [-0.39, 0.29) is 5.69 Å². The number of amides is 1. The van der Waals surface area contributed by atoms with E-state index in [0.717, 1.165) is 16.6 Å². The fourth-order valence-electron chi connectivity index (χ4n) is 1.90. The maximum absolute atomic E-state index is 13.3. The summed E-state index contributed by atoms with van der Waals surface area (Å²) in [5.41, 5.74) is -0.370. The van der Waals surface area contributed by atoms with Crippen molar-refractivity contribution in [2.45, 2.75) is 39.3 Å². The Kier molecular flexibility index (Phi) is 4.99. The van der Waals surface area contributed by atoms with E-state index in [1.807, 2.05) is 0 Å². The van der Waals surface area contributed by atoms with Gasteiger partial charge in [0.05, 0.1) is 11.9 Å². The first-order valence-corrected chi connectivity index (χ1v) is 8.33. The molecule has 0 aromatic heterocycles. The number of carbonyl (C=O) groups excluding carboxylic acids is 1. The van der Waals surface area contributed by atoms with Gasteiger partial charge >= 0.3 is 0 Å². The first-order valence-electron chi connectivity index (χ1n) is 6.49. The van der Waals surface area contributed by atoms with Gasteiger partial charge in [-0.25, -0.2) is 12.8 Å². The van der Waals surface area contributed by atoms with Gasteiger partial charge in [-0.3, -0.25) is 9.10 Å². The van der Waals surface area contributed by atoms with E-state index in [1.54, 1.807) is 20.8 Å². The number of carbonyl (C=O) groups is 1. The average Bonchev–Trinajstić information content (AvgIpc) is 2.24. The molecule has 118 valence electrons. The molecule has 0 aliphatic heterocycles. The van der Waals surface area contributed by atoms with Crippen LogP contribution in [-0.4, -0.2) is 32.2 Å². The second kappa shape index (κ2) is 6.01. The largest absolute Gasteiger partial charge is 0.350 e. The van der Waals surface area contributed by atoms with Crippen LogP contribution in [0.2, 0.25) is 0 Å². The van der Waals surface area contributed by atoms with Gasteiger partial charge in [0.1, 0.15) is 11.9 Å². The van der Waals surface area contributed by atoms with Gasteiger partial charge in [-0.15, -0.1) is 0 Å². The summed E-state index contributed by atoms with van der Waals surface area (Å²) < 4.78 is 38.2. The molecule has 21 heavy (non-hydrogen) atoms. The van der Waals surface area contributed by atoms with Crippen LogP contribution >= 0.6 is 0 Å². The highest BCUT2D eigenvalue weighted by atomic mass is 32.2. The predicted molar refractivity (Wildman–Crippen MR) is 81.1 cm³/mol. The second-order valence-electron chi connectivity index (χ2n) is 5.95. The van der Waals surface area contributed by atoms with Crippen LogP contribution in [0.3, 0.4) is 0 Å². The minimum atomic E-state index is -3.73. The summed E-state index contributed by atoms with van der Waals surface area (Å²) >= 11 is 0. The van der Waals surface area contributed by atoms with Crippen molar-refractivity contribution in [2.75, 3.05) is 10.6 Å². The zero-order valence-corrected chi connectivity index (χ0v) is 13.7. The van der Waals surface area contributed by atoms with Gasteiger partial charge in [-0.1, -0.05) is 6.07 Å². The summed E-state index contributed by atoms with van der Waals surface area (Å²) in [4.78, 5) is 12.2. The van der Waals surface area contributed by atoms with Crippen LogP contribution in [0.25, 0.3) is 0 Å². The Bertz CT molecular complexity index is 623. The van der Waals surface area contributed by atoms with Crippen LogP contribution in [-0.2, 0) is 14.8 Å². The Morgan fingerprint density at radius 1 is 1.33 bits per heavy atom. The van der Waals surface area contributed by atoms with Crippen LogP contribution in [0.1, 0.15) is 27.7 Å². The van der Waals surface area contributed by atoms with E-state index < -0.39 is 33.3 Å². The van der Waals surface area contributed by atoms with Gasteiger partial charge in [0.15, 0.2) is 0 Å². The van der Waals surface area contributed by atoms with Crippen molar-refractivity contribution >= 4 is 21.6 Å². The van der Waals surface area contributed by atoms with E-state index in [9.17, 15) is 17.6 Å². The lowest BCUT2D eigenvalue weighted by atomic mass is 10.1. The molecule has 0 spiro atoms. The SMILES string of the molecule is CC(C(=O)NC(C)(C)C)N(c1cccc(F)c1)S(C)(=O)=O. The van der Waals surface area contributed by atoms with Crippen LogP contribution in [0.15, 0.2) is 24.3 Å². The van der Waals surface area contributed by atoms with Crippen molar-refractivity contribution in [3.63, 3.8) is 0 Å². The number of anilines is 1. The van der Waals surface area contributed by atoms with E-state index in [1.165, 1.54) is 25.1 Å². The minimum absolute atomic E-state index is 0.119. The van der Waals surface area contributed by atoms with Crippen molar-refractivity contribution in [3.8, 4) is 0 Å². The summed E-state index contributed by atoms with van der Waals surface area (Å²) in [5.74, 6) is -1.01. The van der Waals surface area contributed by atoms with Crippen molar-refractivity contribution in [1.29, 1.82) is 0 Å². The first kappa shape index (κ1) is 17.4. The molecule has 0 saturated heterocycles. The number of nitrogens with zero attached hydrogens (tertiary/aromatic N) is 1. The monoisotopic (exact) mass is 316 g/mol. The van der Waals surface area contributed by atoms with E-state index >= 15 is 0 Å². The summed E-state index contributed by atoms with van der Waals surface area (Å²) in [5, 5.41) is 2.72. The number of nitrogens with one attached hydrogen (secondary N) is 1. The van der Waals surface area contributed by atoms with Gasteiger partial charge in [-0.05, 0) is 45.9 Å². The van der Waals surface area contributed by atoms with E-state index in [0.29, 0.717) is 0 Å². The topological polar surface area (TPSA) is 66.5 Å². The molecule has 1 rings (SSSR count). The number of hydrogen-bond donors (Lipinski definition) is 1. The van der Waals surface area contributed by atoms with E-state index in [2.05, 4.69) is 5.32 Å². The molecule has 1 aromatic carbocycles. The molecule has 1 unspecified atom stereocenters. The zero-order valence-electron chi connectivity index (χ0n) is 12.8. The van der Waals surface area contributed by atoms with Gasteiger partial charge in [0, 0.05) is 5.54 Å². The maximum atomic E-state index is 13.3. The lowest BCUT2D eigenvalue weighted by Gasteiger charge is -2.31. The molecule has 0 aliphatic carbocycles. The number of sulfonamides is 1. The zero-order chi connectivity index (χ0) is 16.4. The van der Waals surface area contributed by atoms with Gasteiger partial charge in [-0.2, -0.15) is 0 Å². The molecule has 0 heterocycles. The van der Waals surface area contributed by atoms with Crippen LogP contribution in [0, 0.1) is 5.82 Å². The normalized spacial score (nSPS) is 13.6. The highest BCUT2D eigenvalue weighted by Crippen LogP contribution is 2.22. The standard InChI is InChI=1S/C14H21FN2O3S/c1-10(13(18)16-14(2,3)4)17(21(5,19)20)12-8-6-7-11(15)9-12/h6-10H,1-5H3,(H,16,18). The molecule has 5 nitrogen and oxygen atoms in total. The molecule has 0 radical (unpaired) electrons.